The average Bonchev–Trinajstić information content (AvgIpc) is 2.38. The molecule has 20 heavy (non-hydrogen) atoms. The van der Waals surface area contributed by atoms with Crippen LogP contribution in [0.5, 0.6) is 5.75 Å². The van der Waals surface area contributed by atoms with E-state index in [0.717, 1.165) is 16.6 Å². The second-order valence-electron chi connectivity index (χ2n) is 4.76. The van der Waals surface area contributed by atoms with Crippen LogP contribution in [0.2, 0.25) is 0 Å². The molecule has 0 bridgehead atoms. The number of phenols is 1. The van der Waals surface area contributed by atoms with Crippen LogP contribution in [0.15, 0.2) is 45.6 Å². The van der Waals surface area contributed by atoms with Gasteiger partial charge in [-0.1, -0.05) is 0 Å². The van der Waals surface area contributed by atoms with Gasteiger partial charge in [-0.3, -0.25) is 4.98 Å². The van der Waals surface area contributed by atoms with Gasteiger partial charge in [0.1, 0.15) is 11.5 Å². The van der Waals surface area contributed by atoms with Crippen LogP contribution in [0.3, 0.4) is 0 Å². The maximum Gasteiger partial charge on any atom is 0.346 e. The zero-order valence-electron chi connectivity index (χ0n) is 11.2. The van der Waals surface area contributed by atoms with Crippen LogP contribution in [-0.4, -0.2) is 10.1 Å². The molecule has 3 aromatic rings. The van der Waals surface area contributed by atoms with Gasteiger partial charge in [0.05, 0.1) is 11.1 Å². The van der Waals surface area contributed by atoms with Gasteiger partial charge < -0.3 is 9.52 Å². The van der Waals surface area contributed by atoms with Gasteiger partial charge in [0.2, 0.25) is 0 Å². The quantitative estimate of drug-likeness (QED) is 0.735. The van der Waals surface area contributed by atoms with Crippen molar-refractivity contribution in [1.82, 2.24) is 4.98 Å². The number of aromatic hydroxyl groups is 1. The van der Waals surface area contributed by atoms with E-state index in [4.69, 9.17) is 4.42 Å². The van der Waals surface area contributed by atoms with Gasteiger partial charge in [0.15, 0.2) is 0 Å². The smallest absolute Gasteiger partial charge is 0.346 e. The van der Waals surface area contributed by atoms with E-state index < -0.39 is 5.63 Å². The first-order valence-electron chi connectivity index (χ1n) is 6.26. The molecular formula is C16H13NO3. The van der Waals surface area contributed by atoms with Crippen LogP contribution in [0, 0.1) is 13.8 Å². The van der Waals surface area contributed by atoms with E-state index in [-0.39, 0.29) is 5.75 Å². The number of nitrogens with zero attached hydrogens (tertiary/aromatic N) is 1. The lowest BCUT2D eigenvalue weighted by molar-refractivity contribution is 0.475. The van der Waals surface area contributed by atoms with Crippen LogP contribution in [0.1, 0.15) is 11.4 Å². The average molecular weight is 267 g/mol. The molecular weight excluding hydrogens is 254 g/mol. The predicted molar refractivity (Wildman–Crippen MR) is 76.9 cm³/mol. The van der Waals surface area contributed by atoms with E-state index >= 15 is 0 Å². The molecule has 0 aliphatic heterocycles. The van der Waals surface area contributed by atoms with Crippen LogP contribution in [0.25, 0.3) is 22.1 Å². The Morgan fingerprint density at radius 3 is 2.50 bits per heavy atom. The van der Waals surface area contributed by atoms with E-state index in [1.54, 1.807) is 31.2 Å². The van der Waals surface area contributed by atoms with Crippen molar-refractivity contribution in [1.29, 1.82) is 0 Å². The van der Waals surface area contributed by atoms with Gasteiger partial charge in [-0.2, -0.15) is 0 Å². The van der Waals surface area contributed by atoms with Gasteiger partial charge in [-0.25, -0.2) is 4.79 Å². The molecule has 0 fully saturated rings. The Balaban J connectivity index is 2.29. The largest absolute Gasteiger partial charge is 0.508 e. The molecule has 1 N–H and O–H groups in total. The van der Waals surface area contributed by atoms with Crippen molar-refractivity contribution >= 4 is 10.8 Å². The molecule has 100 valence electrons. The number of benzene rings is 1. The normalized spacial score (nSPS) is 10.9. The van der Waals surface area contributed by atoms with E-state index in [9.17, 15) is 9.90 Å². The standard InChI is InChI=1S/C16H13NO3/c1-9-7-12-8-14(11-3-5-13(18)6-4-11)20-16(19)15(12)10(2)17-9/h3-8,18H,1-2H3. The first-order valence-corrected chi connectivity index (χ1v) is 6.26. The lowest BCUT2D eigenvalue weighted by Crippen LogP contribution is -2.04. The highest BCUT2D eigenvalue weighted by molar-refractivity contribution is 5.86. The van der Waals surface area contributed by atoms with E-state index in [2.05, 4.69) is 4.98 Å². The summed E-state index contributed by atoms with van der Waals surface area (Å²) in [5.74, 6) is 0.653. The minimum Gasteiger partial charge on any atom is -0.508 e. The van der Waals surface area contributed by atoms with E-state index in [1.165, 1.54) is 0 Å². The number of hydrogen-bond donors (Lipinski definition) is 1. The van der Waals surface area contributed by atoms with Gasteiger partial charge in [-0.15, -0.1) is 0 Å². The number of hydrogen-bond acceptors (Lipinski definition) is 4. The summed E-state index contributed by atoms with van der Waals surface area (Å²) in [7, 11) is 0. The number of fused-ring (bicyclic) bond motifs is 1. The summed E-state index contributed by atoms with van der Waals surface area (Å²) in [6.07, 6.45) is 0. The number of pyridine rings is 1. The summed E-state index contributed by atoms with van der Waals surface area (Å²) in [5.41, 5.74) is 1.88. The van der Waals surface area contributed by atoms with Crippen molar-refractivity contribution < 1.29 is 9.52 Å². The molecule has 0 aliphatic rings. The van der Waals surface area contributed by atoms with Gasteiger partial charge >= 0.3 is 5.63 Å². The lowest BCUT2D eigenvalue weighted by atomic mass is 10.1. The topological polar surface area (TPSA) is 63.3 Å². The SMILES string of the molecule is Cc1cc2cc(-c3ccc(O)cc3)oc(=O)c2c(C)n1. The summed E-state index contributed by atoms with van der Waals surface area (Å²) < 4.78 is 5.36. The zero-order chi connectivity index (χ0) is 14.3. The van der Waals surface area contributed by atoms with Crippen LogP contribution in [0.4, 0.5) is 0 Å². The maximum atomic E-state index is 12.1. The highest BCUT2D eigenvalue weighted by Gasteiger charge is 2.10. The molecule has 0 aliphatic carbocycles. The molecule has 0 saturated heterocycles. The molecule has 0 amide bonds. The molecule has 0 unspecified atom stereocenters. The summed E-state index contributed by atoms with van der Waals surface area (Å²) in [6, 6.07) is 10.2. The molecule has 0 atom stereocenters. The minimum atomic E-state index is -0.393. The Kier molecular flexibility index (Phi) is 2.79. The number of aryl methyl sites for hydroxylation is 2. The minimum absolute atomic E-state index is 0.174. The third-order valence-electron chi connectivity index (χ3n) is 3.20. The second-order valence-corrected chi connectivity index (χ2v) is 4.76. The molecule has 2 aromatic heterocycles. The third kappa shape index (κ3) is 2.05. The van der Waals surface area contributed by atoms with Crippen molar-refractivity contribution in [2.75, 3.05) is 0 Å². The first kappa shape index (κ1) is 12.4. The third-order valence-corrected chi connectivity index (χ3v) is 3.20. The summed E-state index contributed by atoms with van der Waals surface area (Å²) in [4.78, 5) is 16.4. The van der Waals surface area contributed by atoms with Crippen molar-refractivity contribution in [2.45, 2.75) is 13.8 Å². The second kappa shape index (κ2) is 4.49. The monoisotopic (exact) mass is 267 g/mol. The Bertz CT molecular complexity index is 848. The number of aromatic nitrogens is 1. The van der Waals surface area contributed by atoms with Gasteiger partial charge in [0.25, 0.3) is 0 Å². The van der Waals surface area contributed by atoms with Crippen molar-refractivity contribution in [2.24, 2.45) is 0 Å². The number of phenolic OH excluding ortho intramolecular Hbond substituents is 1. The molecule has 0 spiro atoms. The Labute approximate surface area is 115 Å². The molecule has 4 nitrogen and oxygen atoms in total. The van der Waals surface area contributed by atoms with Gasteiger partial charge in [-0.05, 0) is 55.6 Å². The van der Waals surface area contributed by atoms with E-state index in [0.29, 0.717) is 16.8 Å². The fraction of sp³-hybridized carbons (Fsp3) is 0.125. The summed E-state index contributed by atoms with van der Waals surface area (Å²) in [5, 5.41) is 10.6. The summed E-state index contributed by atoms with van der Waals surface area (Å²) >= 11 is 0. The fourth-order valence-corrected chi connectivity index (χ4v) is 2.33. The fourth-order valence-electron chi connectivity index (χ4n) is 2.33. The Hall–Kier alpha value is -2.62. The maximum absolute atomic E-state index is 12.1. The predicted octanol–water partition coefficient (Wildman–Crippen LogP) is 3.18. The van der Waals surface area contributed by atoms with Crippen molar-refractivity contribution in [3.05, 3.63) is 58.2 Å². The van der Waals surface area contributed by atoms with Crippen molar-refractivity contribution in [3.8, 4) is 17.1 Å². The zero-order valence-corrected chi connectivity index (χ0v) is 11.2. The van der Waals surface area contributed by atoms with Crippen LogP contribution < -0.4 is 5.63 Å². The molecule has 4 heteroatoms. The molecule has 0 saturated carbocycles. The lowest BCUT2D eigenvalue weighted by Gasteiger charge is -2.05. The highest BCUT2D eigenvalue weighted by Crippen LogP contribution is 2.24. The van der Waals surface area contributed by atoms with E-state index in [1.807, 2.05) is 19.1 Å². The molecule has 0 radical (unpaired) electrons. The molecule has 3 rings (SSSR count). The Morgan fingerprint density at radius 2 is 1.80 bits per heavy atom. The van der Waals surface area contributed by atoms with Crippen molar-refractivity contribution in [3.63, 3.8) is 0 Å². The molecule has 2 heterocycles. The summed E-state index contributed by atoms with van der Waals surface area (Å²) in [6.45, 7) is 3.69. The first-order chi connectivity index (χ1) is 9.54. The van der Waals surface area contributed by atoms with Crippen LogP contribution in [-0.2, 0) is 0 Å². The Morgan fingerprint density at radius 1 is 1.10 bits per heavy atom. The highest BCUT2D eigenvalue weighted by atomic mass is 16.4. The number of rotatable bonds is 1. The van der Waals surface area contributed by atoms with Gasteiger partial charge in [0, 0.05) is 11.3 Å². The molecule has 1 aromatic carbocycles. The van der Waals surface area contributed by atoms with Crippen LogP contribution >= 0.6 is 0 Å².